The highest BCUT2D eigenvalue weighted by atomic mass is 31.2. The molecular weight excluding hydrogens is 422 g/mol. The summed E-state index contributed by atoms with van der Waals surface area (Å²) >= 11 is 0. The number of likely N-dealkylation sites (N-methyl/N-ethyl adjacent to an activating group) is 2. The Hall–Kier alpha value is 0.140. The summed E-state index contributed by atoms with van der Waals surface area (Å²) < 4.78 is 45.8. The Morgan fingerprint density at radius 3 is 1.24 bits per heavy atom. The Bertz CT molecular complexity index is 525. The van der Waals surface area contributed by atoms with Gasteiger partial charge < -0.3 is 18.8 Å². The second kappa shape index (κ2) is 11.7. The molecule has 0 amide bonds. The molecule has 2 atom stereocenters. The third kappa shape index (κ3) is 14.7. The van der Waals surface area contributed by atoms with E-state index in [4.69, 9.17) is 18.1 Å². The molecule has 0 aliphatic rings. The maximum Gasteiger partial charge on any atom is 0.472 e. The molecule has 0 saturated carbocycles. The lowest BCUT2D eigenvalue weighted by Gasteiger charge is -2.32. The molecule has 0 aliphatic heterocycles. The van der Waals surface area contributed by atoms with Gasteiger partial charge in [0.15, 0.2) is 0 Å². The zero-order valence-corrected chi connectivity index (χ0v) is 21.1. The molecule has 29 heavy (non-hydrogen) atoms. The molecule has 0 aliphatic carbocycles. The Morgan fingerprint density at radius 2 is 1.00 bits per heavy atom. The highest BCUT2D eigenvalue weighted by molar-refractivity contribution is 7.47. The highest BCUT2D eigenvalue weighted by Crippen LogP contribution is 2.48. The fraction of sp³-hybridized carbons (Fsp3) is 1.00. The first-order chi connectivity index (χ1) is 12.9. The van der Waals surface area contributed by atoms with Gasteiger partial charge >= 0.3 is 15.6 Å². The molecule has 0 saturated heterocycles. The van der Waals surface area contributed by atoms with E-state index in [-0.39, 0.29) is 26.4 Å². The summed E-state index contributed by atoms with van der Waals surface area (Å²) in [5.41, 5.74) is -0.719. The summed E-state index contributed by atoms with van der Waals surface area (Å²) in [6, 6.07) is 0. The summed E-state index contributed by atoms with van der Waals surface area (Å²) in [5, 5.41) is 0. The number of hydrogen-bond acceptors (Lipinski definition) is 6. The number of rotatable bonds is 16. The second-order valence-electron chi connectivity index (χ2n) is 9.39. The Balaban J connectivity index is 4.72. The Kier molecular flexibility index (Phi) is 11.7. The van der Waals surface area contributed by atoms with Gasteiger partial charge in [0.1, 0.15) is 26.3 Å². The fourth-order valence-electron chi connectivity index (χ4n) is 2.07. The van der Waals surface area contributed by atoms with E-state index in [0.29, 0.717) is 34.9 Å². The number of phosphoric acid groups is 2. The molecule has 12 heteroatoms. The van der Waals surface area contributed by atoms with E-state index in [2.05, 4.69) is 0 Å². The van der Waals surface area contributed by atoms with Gasteiger partial charge in [-0.1, -0.05) is 13.8 Å². The van der Waals surface area contributed by atoms with Crippen molar-refractivity contribution >= 4 is 15.6 Å². The molecule has 0 aromatic rings. The van der Waals surface area contributed by atoms with Crippen molar-refractivity contribution in [2.45, 2.75) is 26.7 Å². The SMILES string of the molecule is CCC(CC)(COP(=O)(O)OCC[N+](C)(C)C)COP(=O)(O)OCC[N+](C)(C)C. The predicted octanol–water partition coefficient (Wildman–Crippen LogP) is 2.47. The monoisotopic (exact) mass is 464 g/mol. The van der Waals surface area contributed by atoms with E-state index in [1.54, 1.807) is 0 Å². The van der Waals surface area contributed by atoms with Gasteiger partial charge in [0.25, 0.3) is 0 Å². The summed E-state index contributed by atoms with van der Waals surface area (Å²) in [7, 11) is 3.19. The molecule has 2 unspecified atom stereocenters. The lowest BCUT2D eigenvalue weighted by atomic mass is 9.84. The minimum atomic E-state index is -4.23. The molecule has 0 spiro atoms. The molecule has 2 N–H and O–H groups in total. The molecule has 176 valence electrons. The summed E-state index contributed by atoms with van der Waals surface area (Å²) in [4.78, 5) is 19.8. The van der Waals surface area contributed by atoms with Crippen LogP contribution in [0.25, 0.3) is 0 Å². The average molecular weight is 464 g/mol. The van der Waals surface area contributed by atoms with Crippen LogP contribution in [-0.2, 0) is 27.2 Å². The van der Waals surface area contributed by atoms with Crippen molar-refractivity contribution in [1.29, 1.82) is 0 Å². The van der Waals surface area contributed by atoms with E-state index in [0.717, 1.165) is 0 Å². The zero-order chi connectivity index (χ0) is 23.0. The van der Waals surface area contributed by atoms with Crippen LogP contribution in [0.2, 0.25) is 0 Å². The third-order valence-electron chi connectivity index (χ3n) is 4.60. The van der Waals surface area contributed by atoms with E-state index in [1.807, 2.05) is 56.1 Å². The number of nitrogens with zero attached hydrogens (tertiary/aromatic N) is 2. The first-order valence-electron chi connectivity index (χ1n) is 9.79. The van der Waals surface area contributed by atoms with E-state index in [1.165, 1.54) is 0 Å². The topological polar surface area (TPSA) is 112 Å². The molecule has 0 fully saturated rings. The standard InChI is InChI=1S/C17H40N2O8P2/c1-9-17(10-2,15-26-28(20,21)24-13-11-18(3,4)5)16-27-29(22,23)25-14-12-19(6,7)8/h9-16H2,1-8H3/p+2. The van der Waals surface area contributed by atoms with Crippen LogP contribution < -0.4 is 0 Å². The van der Waals surface area contributed by atoms with Crippen LogP contribution in [0.3, 0.4) is 0 Å². The van der Waals surface area contributed by atoms with Crippen molar-refractivity contribution in [3.63, 3.8) is 0 Å². The number of hydrogen-bond donors (Lipinski definition) is 2. The summed E-state index contributed by atoms with van der Waals surface area (Å²) in [6.45, 7) is 4.67. The van der Waals surface area contributed by atoms with E-state index >= 15 is 0 Å². The van der Waals surface area contributed by atoms with Crippen molar-refractivity contribution in [3.8, 4) is 0 Å². The second-order valence-corrected chi connectivity index (χ2v) is 12.3. The van der Waals surface area contributed by atoms with Crippen LogP contribution in [0.15, 0.2) is 0 Å². The molecule has 10 nitrogen and oxygen atoms in total. The minimum absolute atomic E-state index is 0.0744. The number of quaternary nitrogens is 2. The van der Waals surface area contributed by atoms with Gasteiger partial charge in [-0.15, -0.1) is 0 Å². The van der Waals surface area contributed by atoms with Crippen LogP contribution in [0.4, 0.5) is 0 Å². The molecule has 0 rings (SSSR count). The third-order valence-corrected chi connectivity index (χ3v) is 6.53. The smallest absolute Gasteiger partial charge is 0.329 e. The molecule has 0 heterocycles. The average Bonchev–Trinajstić information content (AvgIpc) is 2.53. The predicted molar refractivity (Wildman–Crippen MR) is 112 cm³/mol. The summed E-state index contributed by atoms with van der Waals surface area (Å²) in [6.07, 6.45) is 1.03. The highest BCUT2D eigenvalue weighted by Gasteiger charge is 2.35. The van der Waals surface area contributed by atoms with Crippen molar-refractivity contribution in [1.82, 2.24) is 0 Å². The molecule has 0 aromatic heterocycles. The van der Waals surface area contributed by atoms with Crippen LogP contribution >= 0.6 is 15.6 Å². The first kappa shape index (κ1) is 29.1. The Morgan fingerprint density at radius 1 is 0.690 bits per heavy atom. The molecular formula is C17H42N2O8P2+2. The number of phosphoric ester groups is 2. The molecule has 0 bridgehead atoms. The van der Waals surface area contributed by atoms with Crippen LogP contribution in [0.1, 0.15) is 26.7 Å². The van der Waals surface area contributed by atoms with Crippen molar-refractivity contribution in [2.24, 2.45) is 5.41 Å². The van der Waals surface area contributed by atoms with Crippen molar-refractivity contribution in [2.75, 3.05) is 81.8 Å². The maximum atomic E-state index is 12.1. The first-order valence-corrected chi connectivity index (χ1v) is 12.8. The minimum Gasteiger partial charge on any atom is -0.329 e. The van der Waals surface area contributed by atoms with Gasteiger partial charge in [-0.05, 0) is 12.8 Å². The van der Waals surface area contributed by atoms with Crippen molar-refractivity contribution < 1.29 is 46.0 Å². The van der Waals surface area contributed by atoms with Crippen LogP contribution in [0.5, 0.6) is 0 Å². The van der Waals surface area contributed by atoms with Crippen LogP contribution in [-0.4, -0.2) is 101 Å². The van der Waals surface area contributed by atoms with Crippen molar-refractivity contribution in [3.05, 3.63) is 0 Å². The normalized spacial score (nSPS) is 17.7. The van der Waals surface area contributed by atoms with E-state index < -0.39 is 21.1 Å². The van der Waals surface area contributed by atoms with Gasteiger partial charge in [0.05, 0.1) is 55.5 Å². The summed E-state index contributed by atoms with van der Waals surface area (Å²) in [5.74, 6) is 0. The van der Waals surface area contributed by atoms with E-state index in [9.17, 15) is 18.9 Å². The lowest BCUT2D eigenvalue weighted by molar-refractivity contribution is -0.870. The van der Waals surface area contributed by atoms with Gasteiger partial charge in [-0.3, -0.25) is 18.1 Å². The van der Waals surface area contributed by atoms with Gasteiger partial charge in [0, 0.05) is 5.41 Å². The lowest BCUT2D eigenvalue weighted by Crippen LogP contribution is -2.37. The maximum absolute atomic E-state index is 12.1. The van der Waals surface area contributed by atoms with Gasteiger partial charge in [0.2, 0.25) is 0 Å². The largest absolute Gasteiger partial charge is 0.472 e. The van der Waals surface area contributed by atoms with Gasteiger partial charge in [-0.2, -0.15) is 0 Å². The quantitative estimate of drug-likeness (QED) is 0.265. The zero-order valence-electron chi connectivity index (χ0n) is 19.3. The van der Waals surface area contributed by atoms with Crippen LogP contribution in [0, 0.1) is 5.41 Å². The fourth-order valence-corrected chi connectivity index (χ4v) is 3.72. The molecule has 0 aromatic carbocycles. The van der Waals surface area contributed by atoms with Gasteiger partial charge in [-0.25, -0.2) is 9.13 Å². The Labute approximate surface area is 176 Å². The molecule has 0 radical (unpaired) electrons.